The van der Waals surface area contributed by atoms with Crippen molar-refractivity contribution in [2.45, 2.75) is 26.2 Å². The van der Waals surface area contributed by atoms with Crippen LogP contribution in [0, 0.1) is 11.7 Å². The summed E-state index contributed by atoms with van der Waals surface area (Å²) in [5.74, 6) is -0.654. The van der Waals surface area contributed by atoms with Gasteiger partial charge < -0.3 is 0 Å². The Morgan fingerprint density at radius 1 is 1.25 bits per heavy atom. The van der Waals surface area contributed by atoms with Gasteiger partial charge in [-0.3, -0.25) is 20.4 Å². The van der Waals surface area contributed by atoms with Crippen molar-refractivity contribution in [3.63, 3.8) is 0 Å². The van der Waals surface area contributed by atoms with Gasteiger partial charge in [0.15, 0.2) is 0 Å². The van der Waals surface area contributed by atoms with Gasteiger partial charge in [0.2, 0.25) is 0 Å². The molecule has 1 aliphatic rings. The molecule has 2 aromatic rings. The molecule has 0 bridgehead atoms. The van der Waals surface area contributed by atoms with Crippen molar-refractivity contribution in [3.05, 3.63) is 55.4 Å². The Kier molecular flexibility index (Phi) is 5.01. The van der Waals surface area contributed by atoms with Gasteiger partial charge in [0, 0.05) is 9.35 Å². The first kappa shape index (κ1) is 17.1. The molecule has 4 nitrogen and oxygen atoms in total. The Hall–Kier alpha value is -1.73. The number of amides is 2. The van der Waals surface area contributed by atoms with Gasteiger partial charge in [0.25, 0.3) is 11.8 Å². The zero-order valence-electron chi connectivity index (χ0n) is 13.0. The number of halogens is 2. The molecule has 0 fully saturated rings. The van der Waals surface area contributed by atoms with Crippen molar-refractivity contribution in [2.75, 3.05) is 0 Å². The lowest BCUT2D eigenvalue weighted by molar-refractivity contribution is 0.0848. The van der Waals surface area contributed by atoms with Crippen LogP contribution >= 0.6 is 27.3 Å². The fourth-order valence-electron chi connectivity index (χ4n) is 2.73. The normalized spacial score (nSPS) is 16.4. The quantitative estimate of drug-likeness (QED) is 0.738. The van der Waals surface area contributed by atoms with E-state index in [9.17, 15) is 14.0 Å². The number of hydrazine groups is 1. The summed E-state index contributed by atoms with van der Waals surface area (Å²) < 4.78 is 13.4. The number of rotatable bonds is 2. The second-order valence-electron chi connectivity index (χ2n) is 5.94. The van der Waals surface area contributed by atoms with Gasteiger partial charge in [-0.25, -0.2) is 4.39 Å². The first-order valence-corrected chi connectivity index (χ1v) is 9.22. The highest BCUT2D eigenvalue weighted by Crippen LogP contribution is 2.32. The maximum atomic E-state index is 13.1. The molecule has 1 aromatic heterocycles. The lowest BCUT2D eigenvalue weighted by Gasteiger charge is -2.16. The van der Waals surface area contributed by atoms with Gasteiger partial charge in [-0.15, -0.1) is 11.3 Å². The van der Waals surface area contributed by atoms with E-state index in [0.29, 0.717) is 15.3 Å². The molecule has 1 aliphatic carbocycles. The molecular formula is C17H16BrFN2O2S. The van der Waals surface area contributed by atoms with Gasteiger partial charge in [-0.2, -0.15) is 0 Å². The van der Waals surface area contributed by atoms with E-state index in [0.717, 1.165) is 19.3 Å². The van der Waals surface area contributed by atoms with Crippen molar-refractivity contribution in [1.82, 2.24) is 10.9 Å². The minimum absolute atomic E-state index is 0.246. The predicted octanol–water partition coefficient (Wildman–Crippen LogP) is 3.85. The number of hydrogen-bond acceptors (Lipinski definition) is 3. The Morgan fingerprint density at radius 2 is 2.00 bits per heavy atom. The lowest BCUT2D eigenvalue weighted by Crippen LogP contribution is -2.41. The summed E-state index contributed by atoms with van der Waals surface area (Å²) in [6, 6.07) is 5.65. The summed E-state index contributed by atoms with van der Waals surface area (Å²) in [6.07, 6.45) is 3.14. The van der Waals surface area contributed by atoms with Crippen LogP contribution < -0.4 is 10.9 Å². The molecule has 0 aliphatic heterocycles. The van der Waals surface area contributed by atoms with Gasteiger partial charge in [-0.1, -0.05) is 6.92 Å². The number of nitrogens with one attached hydrogen (secondary N) is 2. The predicted molar refractivity (Wildman–Crippen MR) is 94.5 cm³/mol. The summed E-state index contributed by atoms with van der Waals surface area (Å²) in [4.78, 5) is 26.2. The SMILES string of the molecule is C[C@@H]1CCc2sc(C(=O)NNC(=O)c3ccc(F)cc3Br)cc2C1. The number of benzene rings is 1. The first-order chi connectivity index (χ1) is 11.4. The Morgan fingerprint density at radius 3 is 2.75 bits per heavy atom. The molecule has 24 heavy (non-hydrogen) atoms. The topological polar surface area (TPSA) is 58.2 Å². The van der Waals surface area contributed by atoms with E-state index in [1.807, 2.05) is 6.07 Å². The Balaban J connectivity index is 1.64. The third-order valence-electron chi connectivity index (χ3n) is 4.02. The third-order valence-corrected chi connectivity index (χ3v) is 5.91. The lowest BCUT2D eigenvalue weighted by atomic mass is 9.90. The van der Waals surface area contributed by atoms with Crippen molar-refractivity contribution in [1.29, 1.82) is 0 Å². The number of carbonyl (C=O) groups excluding carboxylic acids is 2. The fraction of sp³-hybridized carbons (Fsp3) is 0.294. The van der Waals surface area contributed by atoms with Crippen LogP contribution in [0.1, 0.15) is 43.8 Å². The van der Waals surface area contributed by atoms with Crippen LogP contribution in [0.3, 0.4) is 0 Å². The van der Waals surface area contributed by atoms with E-state index < -0.39 is 11.7 Å². The van der Waals surface area contributed by atoms with E-state index in [1.165, 1.54) is 40.0 Å². The van der Waals surface area contributed by atoms with E-state index in [-0.39, 0.29) is 11.5 Å². The van der Waals surface area contributed by atoms with Crippen molar-refractivity contribution in [2.24, 2.45) is 5.92 Å². The molecule has 0 saturated heterocycles. The van der Waals surface area contributed by atoms with Gasteiger partial charge in [0.1, 0.15) is 5.82 Å². The molecule has 3 rings (SSSR count). The number of aryl methyl sites for hydroxylation is 1. The number of hydrogen-bond donors (Lipinski definition) is 2. The molecule has 7 heteroatoms. The van der Waals surface area contributed by atoms with E-state index >= 15 is 0 Å². The maximum Gasteiger partial charge on any atom is 0.279 e. The highest BCUT2D eigenvalue weighted by molar-refractivity contribution is 9.10. The first-order valence-electron chi connectivity index (χ1n) is 7.61. The van der Waals surface area contributed by atoms with Crippen LogP contribution in [0.25, 0.3) is 0 Å². The molecular weight excluding hydrogens is 395 g/mol. The standard InChI is InChI=1S/C17H16BrFN2O2S/c1-9-2-5-14-10(6-9)7-15(24-14)17(23)21-20-16(22)12-4-3-11(19)8-13(12)18/h3-4,7-9H,2,5-6H2,1H3,(H,20,22)(H,21,23)/t9-/m1/s1. The average molecular weight is 411 g/mol. The van der Waals surface area contributed by atoms with E-state index in [4.69, 9.17) is 0 Å². The monoisotopic (exact) mass is 410 g/mol. The second kappa shape index (κ2) is 7.03. The summed E-state index contributed by atoms with van der Waals surface area (Å²) in [6.45, 7) is 2.21. The maximum absolute atomic E-state index is 13.1. The van der Waals surface area contributed by atoms with Crippen molar-refractivity contribution in [3.8, 4) is 0 Å². The zero-order valence-corrected chi connectivity index (χ0v) is 15.4. The molecule has 1 aromatic carbocycles. The third kappa shape index (κ3) is 3.67. The molecule has 0 unspecified atom stereocenters. The second-order valence-corrected chi connectivity index (χ2v) is 7.93. The van der Waals surface area contributed by atoms with Crippen LogP contribution in [0.15, 0.2) is 28.7 Å². The van der Waals surface area contributed by atoms with E-state index in [1.54, 1.807) is 0 Å². The van der Waals surface area contributed by atoms with Gasteiger partial charge in [-0.05, 0) is 70.9 Å². The van der Waals surface area contributed by atoms with Gasteiger partial charge in [0.05, 0.1) is 10.4 Å². The molecule has 126 valence electrons. The highest BCUT2D eigenvalue weighted by Gasteiger charge is 2.21. The van der Waals surface area contributed by atoms with Crippen molar-refractivity contribution >= 4 is 39.1 Å². The average Bonchev–Trinajstić information content (AvgIpc) is 2.95. The Bertz CT molecular complexity index is 806. The summed E-state index contributed by atoms with van der Waals surface area (Å²) in [5, 5.41) is 0. The summed E-state index contributed by atoms with van der Waals surface area (Å²) >= 11 is 4.61. The largest absolute Gasteiger partial charge is 0.279 e. The number of carbonyl (C=O) groups is 2. The minimum Gasteiger partial charge on any atom is -0.267 e. The molecule has 0 spiro atoms. The van der Waals surface area contributed by atoms with Crippen LogP contribution in [0.5, 0.6) is 0 Å². The number of thiophene rings is 1. The number of fused-ring (bicyclic) bond motifs is 1. The molecule has 0 radical (unpaired) electrons. The summed E-state index contributed by atoms with van der Waals surface area (Å²) in [7, 11) is 0. The van der Waals surface area contributed by atoms with Gasteiger partial charge >= 0.3 is 0 Å². The van der Waals surface area contributed by atoms with E-state index in [2.05, 4.69) is 33.7 Å². The smallest absolute Gasteiger partial charge is 0.267 e. The minimum atomic E-state index is -0.509. The fourth-order valence-corrected chi connectivity index (χ4v) is 4.37. The van der Waals surface area contributed by atoms with Crippen molar-refractivity contribution < 1.29 is 14.0 Å². The molecule has 1 heterocycles. The molecule has 2 N–H and O–H groups in total. The van der Waals surface area contributed by atoms with Crippen LogP contribution in [-0.4, -0.2) is 11.8 Å². The summed E-state index contributed by atoms with van der Waals surface area (Å²) in [5.41, 5.74) is 6.26. The molecule has 1 atom stereocenters. The Labute approximate surface area is 151 Å². The molecule has 2 amide bonds. The van der Waals surface area contributed by atoms with Crippen LogP contribution in [-0.2, 0) is 12.8 Å². The highest BCUT2D eigenvalue weighted by atomic mass is 79.9. The van der Waals surface area contributed by atoms with Crippen LogP contribution in [0.2, 0.25) is 0 Å². The zero-order chi connectivity index (χ0) is 17.3. The van der Waals surface area contributed by atoms with Crippen LogP contribution in [0.4, 0.5) is 4.39 Å². The molecule has 0 saturated carbocycles.